The summed E-state index contributed by atoms with van der Waals surface area (Å²) in [5.74, 6) is -0.730. The van der Waals surface area contributed by atoms with Crippen molar-refractivity contribution >= 4 is 28.4 Å². The summed E-state index contributed by atoms with van der Waals surface area (Å²) in [7, 11) is 0. The second-order valence-electron chi connectivity index (χ2n) is 4.02. The van der Waals surface area contributed by atoms with Crippen LogP contribution in [0.4, 0.5) is 0 Å². The average molecular weight is 571 g/mol. The fourth-order valence-corrected chi connectivity index (χ4v) is 2.23. The molecule has 1 aliphatic carbocycles. The van der Waals surface area contributed by atoms with E-state index >= 15 is 0 Å². The molecule has 0 saturated heterocycles. The fourth-order valence-electron chi connectivity index (χ4n) is 1.76. The van der Waals surface area contributed by atoms with Gasteiger partial charge in [-0.05, 0) is 41.7 Å². The van der Waals surface area contributed by atoms with E-state index in [4.69, 9.17) is 4.74 Å². The Morgan fingerprint density at radius 2 is 1.91 bits per heavy atom. The molecule has 0 bridgehead atoms. The topological polar surface area (TPSA) is 46.2 Å². The van der Waals surface area contributed by atoms with Gasteiger partial charge in [0.2, 0.25) is 5.78 Å². The molecule has 2 rings (SSSR count). The second kappa shape index (κ2) is 10.4. The number of carbonyl (C=O) groups excluding carboxylic acids is 1. The summed E-state index contributed by atoms with van der Waals surface area (Å²) in [4.78, 5) is 12.4. The molecule has 111 valence electrons. The molecule has 0 unspecified atom stereocenters. The molecule has 0 saturated carbocycles. The van der Waals surface area contributed by atoms with Gasteiger partial charge in [-0.3, -0.25) is 4.79 Å². The first-order valence-electron chi connectivity index (χ1n) is 6.11. The molecular weight excluding hydrogens is 559 g/mol. The van der Waals surface area contributed by atoms with Gasteiger partial charge in [0.1, 0.15) is 0 Å². The van der Waals surface area contributed by atoms with Crippen LogP contribution in [-0.4, -0.2) is 12.4 Å². The SMILES string of the molecule is CCOC([O])=C1C=C(I)C=C=C1C(=O)c1ccccc1.[I-].[Zn]. The van der Waals surface area contributed by atoms with Crippen molar-refractivity contribution in [2.75, 3.05) is 6.61 Å². The maximum Gasteiger partial charge on any atom is 0.339 e. The Kier molecular flexibility index (Phi) is 10.2. The van der Waals surface area contributed by atoms with Crippen molar-refractivity contribution in [1.29, 1.82) is 0 Å². The average Bonchev–Trinajstić information content (AvgIpc) is 2.47. The number of benzene rings is 1. The van der Waals surface area contributed by atoms with Gasteiger partial charge in [-0.15, -0.1) is 5.73 Å². The van der Waals surface area contributed by atoms with E-state index in [1.807, 2.05) is 6.07 Å². The Balaban J connectivity index is 0.00000220. The van der Waals surface area contributed by atoms with Crippen LogP contribution in [0.5, 0.6) is 0 Å². The summed E-state index contributed by atoms with van der Waals surface area (Å²) in [5, 5.41) is 12.0. The van der Waals surface area contributed by atoms with Gasteiger partial charge in [0, 0.05) is 28.6 Å². The molecule has 22 heavy (non-hydrogen) atoms. The van der Waals surface area contributed by atoms with Crippen molar-refractivity contribution in [2.24, 2.45) is 0 Å². The van der Waals surface area contributed by atoms with Crippen molar-refractivity contribution in [1.82, 2.24) is 0 Å². The molecule has 6 heteroatoms. The first-order chi connectivity index (χ1) is 9.63. The predicted octanol–water partition coefficient (Wildman–Crippen LogP) is 0.963. The zero-order valence-electron chi connectivity index (χ0n) is 11.9. The smallest absolute Gasteiger partial charge is 0.339 e. The van der Waals surface area contributed by atoms with E-state index in [1.54, 1.807) is 43.3 Å². The van der Waals surface area contributed by atoms with Crippen LogP contribution in [0.2, 0.25) is 0 Å². The van der Waals surface area contributed by atoms with E-state index in [0.717, 1.165) is 3.58 Å². The fraction of sp³-hybridized carbons (Fsp3) is 0.125. The van der Waals surface area contributed by atoms with Gasteiger partial charge < -0.3 is 28.7 Å². The molecule has 0 amide bonds. The monoisotopic (exact) mass is 570 g/mol. The van der Waals surface area contributed by atoms with E-state index < -0.39 is 5.95 Å². The standard InChI is InChI=1S/C16H12IO3.HI.Zn/c1-2-20-16(19)14-10-12(17)8-9-13(14)15(18)11-6-4-3-5-7-11;;/h3-8,10H,2H2,1H3;1H;/p-1. The maximum atomic E-state index is 12.4. The molecule has 1 aliphatic rings. The number of rotatable bonds is 4. The Morgan fingerprint density at radius 1 is 1.27 bits per heavy atom. The maximum absolute atomic E-state index is 12.4. The zero-order chi connectivity index (χ0) is 14.5. The summed E-state index contributed by atoms with van der Waals surface area (Å²) in [6.07, 6.45) is 3.32. The van der Waals surface area contributed by atoms with Crippen molar-refractivity contribution in [2.45, 2.75) is 6.92 Å². The van der Waals surface area contributed by atoms with Gasteiger partial charge in [-0.25, -0.2) is 5.11 Å². The third-order valence-electron chi connectivity index (χ3n) is 2.66. The van der Waals surface area contributed by atoms with Gasteiger partial charge in [0.25, 0.3) is 0 Å². The van der Waals surface area contributed by atoms with E-state index in [-0.39, 0.29) is 67.0 Å². The van der Waals surface area contributed by atoms with Crippen LogP contribution < -0.4 is 24.0 Å². The number of hydrogen-bond acceptors (Lipinski definition) is 2. The predicted molar refractivity (Wildman–Crippen MR) is 83.8 cm³/mol. The van der Waals surface area contributed by atoms with Crippen LogP contribution in [0.1, 0.15) is 17.3 Å². The van der Waals surface area contributed by atoms with E-state index in [0.29, 0.717) is 5.56 Å². The summed E-state index contributed by atoms with van der Waals surface area (Å²) >= 11 is 2.07. The number of Topliss-reactive ketones (excluding diaryl/α,β-unsaturated/α-hetero) is 1. The third-order valence-corrected chi connectivity index (χ3v) is 3.29. The van der Waals surface area contributed by atoms with Crippen molar-refractivity contribution in [3.63, 3.8) is 0 Å². The van der Waals surface area contributed by atoms with Gasteiger partial charge in [0.05, 0.1) is 17.8 Å². The van der Waals surface area contributed by atoms with Crippen LogP contribution in [0, 0.1) is 0 Å². The van der Waals surface area contributed by atoms with Crippen molar-refractivity contribution in [3.05, 3.63) is 74.4 Å². The minimum Gasteiger partial charge on any atom is -1.00 e. The Labute approximate surface area is 173 Å². The first kappa shape index (κ1) is 21.6. The molecule has 1 aromatic carbocycles. The zero-order valence-corrected chi connectivity index (χ0v) is 19.2. The Morgan fingerprint density at radius 3 is 2.50 bits per heavy atom. The number of halogens is 2. The molecule has 3 nitrogen and oxygen atoms in total. The number of hydrogen-bond donors (Lipinski definition) is 0. The van der Waals surface area contributed by atoms with E-state index in [1.165, 1.54) is 0 Å². The van der Waals surface area contributed by atoms with Gasteiger partial charge in [0.15, 0.2) is 0 Å². The molecule has 1 radical (unpaired) electrons. The number of ether oxygens (including phenoxy) is 1. The molecule has 0 heterocycles. The Bertz CT molecular complexity index is 657. The number of allylic oxidation sites excluding steroid dienone is 4. The summed E-state index contributed by atoms with van der Waals surface area (Å²) in [6.45, 7) is 2.00. The molecular formula is C16H12I2O3Zn-. The molecule has 1 aromatic rings. The van der Waals surface area contributed by atoms with Crippen LogP contribution in [0.25, 0.3) is 0 Å². The normalized spacial score (nSPS) is 14.8. The van der Waals surface area contributed by atoms with Gasteiger partial charge >= 0.3 is 5.95 Å². The van der Waals surface area contributed by atoms with Gasteiger partial charge in [-0.2, -0.15) is 0 Å². The summed E-state index contributed by atoms with van der Waals surface area (Å²) in [6, 6.07) is 8.82. The molecule has 0 fully saturated rings. The Hall–Kier alpha value is -0.427. The second-order valence-corrected chi connectivity index (χ2v) is 5.27. The third kappa shape index (κ3) is 5.34. The summed E-state index contributed by atoms with van der Waals surface area (Å²) in [5.41, 5.74) is 3.91. The van der Waals surface area contributed by atoms with E-state index in [9.17, 15) is 9.90 Å². The quantitative estimate of drug-likeness (QED) is 0.178. The van der Waals surface area contributed by atoms with Crippen molar-refractivity contribution in [3.8, 4) is 0 Å². The van der Waals surface area contributed by atoms with Crippen molar-refractivity contribution < 1.29 is 58.1 Å². The number of carbonyl (C=O) groups is 1. The largest absolute Gasteiger partial charge is 1.00 e. The van der Waals surface area contributed by atoms with Crippen LogP contribution in [0.15, 0.2) is 68.9 Å². The molecule has 0 atom stereocenters. The van der Waals surface area contributed by atoms with Gasteiger partial charge in [-0.1, -0.05) is 30.3 Å². The number of ketones is 1. The molecule has 0 N–H and O–H groups in total. The molecule has 0 aliphatic heterocycles. The van der Waals surface area contributed by atoms with E-state index in [2.05, 4.69) is 28.3 Å². The minimum absolute atomic E-state index is 0. The van der Waals surface area contributed by atoms with Crippen LogP contribution in [-0.2, 0) is 29.3 Å². The van der Waals surface area contributed by atoms with Crippen LogP contribution >= 0.6 is 22.6 Å². The van der Waals surface area contributed by atoms with Crippen LogP contribution in [0.3, 0.4) is 0 Å². The minimum atomic E-state index is -0.499. The molecule has 0 spiro atoms. The summed E-state index contributed by atoms with van der Waals surface area (Å²) < 4.78 is 5.82. The molecule has 0 aromatic heterocycles. The first-order valence-corrected chi connectivity index (χ1v) is 7.19.